The predicted octanol–water partition coefficient (Wildman–Crippen LogP) is 1.99. The summed E-state index contributed by atoms with van der Waals surface area (Å²) in [5.41, 5.74) is 8.58. The average molecular weight is 272 g/mol. The number of carbonyl (C=O) groups is 1. The second-order valence-corrected chi connectivity index (χ2v) is 6.42. The number of carbonyl (C=O) groups excluding carboxylic acids is 1. The average Bonchev–Trinajstić information content (AvgIpc) is 2.90. The van der Waals surface area contributed by atoms with Gasteiger partial charge in [-0.05, 0) is 42.7 Å². The summed E-state index contributed by atoms with van der Waals surface area (Å²) in [6, 6.07) is 8.69. The highest BCUT2D eigenvalue weighted by molar-refractivity contribution is 5.81. The maximum absolute atomic E-state index is 12.8. The van der Waals surface area contributed by atoms with Gasteiger partial charge in [0.15, 0.2) is 0 Å². The van der Waals surface area contributed by atoms with E-state index in [4.69, 9.17) is 5.73 Å². The number of rotatable bonds is 2. The molecule has 1 saturated heterocycles. The van der Waals surface area contributed by atoms with Gasteiger partial charge in [0.1, 0.15) is 0 Å². The molecule has 1 amide bonds. The lowest BCUT2D eigenvalue weighted by Crippen LogP contribution is -2.51. The van der Waals surface area contributed by atoms with Gasteiger partial charge in [0.05, 0.1) is 0 Å². The number of amides is 1. The van der Waals surface area contributed by atoms with Crippen molar-refractivity contribution in [2.45, 2.75) is 38.6 Å². The van der Waals surface area contributed by atoms with Crippen molar-refractivity contribution in [3.05, 3.63) is 35.4 Å². The first kappa shape index (κ1) is 13.6. The number of piperidine rings is 1. The maximum atomic E-state index is 12.8. The molecule has 0 spiro atoms. The molecule has 1 fully saturated rings. The van der Waals surface area contributed by atoms with Crippen LogP contribution in [-0.4, -0.2) is 29.9 Å². The Hall–Kier alpha value is -1.35. The topological polar surface area (TPSA) is 46.3 Å². The number of benzene rings is 1. The quantitative estimate of drug-likeness (QED) is 0.895. The molecule has 1 heterocycles. The van der Waals surface area contributed by atoms with Crippen LogP contribution in [0.5, 0.6) is 0 Å². The fourth-order valence-corrected chi connectivity index (χ4v) is 3.73. The Balaban J connectivity index is 1.71. The Morgan fingerprint density at radius 3 is 2.55 bits per heavy atom. The molecular weight excluding hydrogens is 248 g/mol. The van der Waals surface area contributed by atoms with E-state index in [1.807, 2.05) is 0 Å². The molecule has 0 saturated carbocycles. The molecule has 2 atom stereocenters. The lowest BCUT2D eigenvalue weighted by atomic mass is 9.91. The fourth-order valence-electron chi connectivity index (χ4n) is 3.73. The summed E-state index contributed by atoms with van der Waals surface area (Å²) >= 11 is 0. The summed E-state index contributed by atoms with van der Waals surface area (Å²) < 4.78 is 0. The molecule has 20 heavy (non-hydrogen) atoms. The van der Waals surface area contributed by atoms with Crippen LogP contribution in [0.2, 0.25) is 0 Å². The number of likely N-dealkylation sites (tertiary alicyclic amines) is 1. The van der Waals surface area contributed by atoms with Gasteiger partial charge in [-0.15, -0.1) is 0 Å². The molecular formula is C17H24N2O. The first-order valence-electron chi connectivity index (χ1n) is 7.76. The third-order valence-corrected chi connectivity index (χ3v) is 4.93. The van der Waals surface area contributed by atoms with E-state index in [1.54, 1.807) is 0 Å². The second kappa shape index (κ2) is 5.57. The third-order valence-electron chi connectivity index (χ3n) is 4.93. The van der Waals surface area contributed by atoms with Gasteiger partial charge in [-0.2, -0.15) is 0 Å². The molecule has 1 aromatic rings. The molecule has 0 bridgehead atoms. The number of hydrogen-bond acceptors (Lipinski definition) is 2. The Morgan fingerprint density at radius 1 is 1.30 bits per heavy atom. The highest BCUT2D eigenvalue weighted by Gasteiger charge is 2.35. The molecule has 3 rings (SSSR count). The van der Waals surface area contributed by atoms with Gasteiger partial charge in [-0.25, -0.2) is 0 Å². The van der Waals surface area contributed by atoms with Crippen molar-refractivity contribution < 1.29 is 4.79 Å². The molecule has 2 aliphatic rings. The highest BCUT2D eigenvalue weighted by atomic mass is 16.2. The van der Waals surface area contributed by atoms with Crippen LogP contribution in [0.25, 0.3) is 0 Å². The van der Waals surface area contributed by atoms with Gasteiger partial charge >= 0.3 is 0 Å². The van der Waals surface area contributed by atoms with Gasteiger partial charge in [-0.1, -0.05) is 31.2 Å². The monoisotopic (exact) mass is 272 g/mol. The zero-order valence-corrected chi connectivity index (χ0v) is 12.2. The summed E-state index contributed by atoms with van der Waals surface area (Å²) in [6.45, 7) is 3.74. The number of hydrogen-bond donors (Lipinski definition) is 1. The molecule has 2 unspecified atom stereocenters. The van der Waals surface area contributed by atoms with Crippen molar-refractivity contribution in [1.29, 1.82) is 0 Å². The number of nitrogens with zero attached hydrogens (tertiary/aromatic N) is 1. The summed E-state index contributed by atoms with van der Waals surface area (Å²) in [7, 11) is 0. The van der Waals surface area contributed by atoms with E-state index in [0.717, 1.165) is 32.2 Å². The molecule has 0 radical (unpaired) electrons. The van der Waals surface area contributed by atoms with Crippen LogP contribution in [0.15, 0.2) is 24.3 Å². The Kier molecular flexibility index (Phi) is 3.79. The first-order chi connectivity index (χ1) is 9.69. The standard InChI is InChI=1S/C17H24N2O/c1-12-6-7-19(16(8-12)11-18)17(20)15-9-13-4-2-3-5-14(13)10-15/h2-5,12,15-16H,6-11,18H2,1H3. The normalized spacial score (nSPS) is 26.6. The van der Waals surface area contributed by atoms with Crippen molar-refractivity contribution in [3.8, 4) is 0 Å². The Labute approximate surface area is 121 Å². The SMILES string of the molecule is CC1CCN(C(=O)C2Cc3ccccc3C2)C(CN)C1. The van der Waals surface area contributed by atoms with Crippen LogP contribution in [0.3, 0.4) is 0 Å². The second-order valence-electron chi connectivity index (χ2n) is 6.42. The minimum Gasteiger partial charge on any atom is -0.338 e. The molecule has 3 heteroatoms. The molecule has 2 N–H and O–H groups in total. The van der Waals surface area contributed by atoms with Crippen molar-refractivity contribution in [2.24, 2.45) is 17.6 Å². The van der Waals surface area contributed by atoms with E-state index in [-0.39, 0.29) is 12.0 Å². The third kappa shape index (κ3) is 2.47. The van der Waals surface area contributed by atoms with Gasteiger partial charge in [0.2, 0.25) is 5.91 Å². The van der Waals surface area contributed by atoms with Crippen LogP contribution in [-0.2, 0) is 17.6 Å². The van der Waals surface area contributed by atoms with Gasteiger partial charge in [0, 0.05) is 25.0 Å². The lowest BCUT2D eigenvalue weighted by Gasteiger charge is -2.39. The highest BCUT2D eigenvalue weighted by Crippen LogP contribution is 2.30. The molecule has 1 aromatic carbocycles. The van der Waals surface area contributed by atoms with Crippen molar-refractivity contribution in [1.82, 2.24) is 4.90 Å². The minimum atomic E-state index is 0.134. The molecule has 1 aliphatic heterocycles. The molecule has 0 aromatic heterocycles. The molecule has 108 valence electrons. The van der Waals surface area contributed by atoms with E-state index >= 15 is 0 Å². The summed E-state index contributed by atoms with van der Waals surface area (Å²) in [5.74, 6) is 1.15. The first-order valence-corrected chi connectivity index (χ1v) is 7.76. The minimum absolute atomic E-state index is 0.134. The van der Waals surface area contributed by atoms with Crippen LogP contribution < -0.4 is 5.73 Å². The van der Waals surface area contributed by atoms with Gasteiger partial charge in [-0.3, -0.25) is 4.79 Å². The zero-order chi connectivity index (χ0) is 14.1. The summed E-state index contributed by atoms with van der Waals surface area (Å²) in [5, 5.41) is 0. The fraction of sp³-hybridized carbons (Fsp3) is 0.588. The largest absolute Gasteiger partial charge is 0.338 e. The van der Waals surface area contributed by atoms with Crippen molar-refractivity contribution in [3.63, 3.8) is 0 Å². The van der Waals surface area contributed by atoms with Gasteiger partial charge in [0.25, 0.3) is 0 Å². The Bertz CT molecular complexity index is 475. The van der Waals surface area contributed by atoms with E-state index in [1.165, 1.54) is 11.1 Å². The van der Waals surface area contributed by atoms with Crippen LogP contribution >= 0.6 is 0 Å². The molecule has 3 nitrogen and oxygen atoms in total. The summed E-state index contributed by atoms with van der Waals surface area (Å²) in [4.78, 5) is 14.9. The van der Waals surface area contributed by atoms with E-state index in [2.05, 4.69) is 36.1 Å². The number of fused-ring (bicyclic) bond motifs is 1. The van der Waals surface area contributed by atoms with E-state index < -0.39 is 0 Å². The van der Waals surface area contributed by atoms with E-state index in [0.29, 0.717) is 18.4 Å². The smallest absolute Gasteiger partial charge is 0.226 e. The maximum Gasteiger partial charge on any atom is 0.226 e. The number of nitrogens with two attached hydrogens (primary N) is 1. The lowest BCUT2D eigenvalue weighted by molar-refractivity contribution is -0.139. The van der Waals surface area contributed by atoms with E-state index in [9.17, 15) is 4.79 Å². The van der Waals surface area contributed by atoms with Crippen LogP contribution in [0, 0.1) is 11.8 Å². The van der Waals surface area contributed by atoms with Crippen LogP contribution in [0.4, 0.5) is 0 Å². The zero-order valence-electron chi connectivity index (χ0n) is 12.2. The van der Waals surface area contributed by atoms with Crippen LogP contribution in [0.1, 0.15) is 30.9 Å². The molecule has 1 aliphatic carbocycles. The Morgan fingerprint density at radius 2 is 1.95 bits per heavy atom. The predicted molar refractivity (Wildman–Crippen MR) is 80.3 cm³/mol. The van der Waals surface area contributed by atoms with Crippen molar-refractivity contribution in [2.75, 3.05) is 13.1 Å². The summed E-state index contributed by atoms with van der Waals surface area (Å²) in [6.07, 6.45) is 3.97. The van der Waals surface area contributed by atoms with Crippen molar-refractivity contribution >= 4 is 5.91 Å². The van der Waals surface area contributed by atoms with Gasteiger partial charge < -0.3 is 10.6 Å².